The maximum absolute atomic E-state index is 6.17. The van der Waals surface area contributed by atoms with Crippen LogP contribution in [-0.4, -0.2) is 0 Å². The Morgan fingerprint density at radius 2 is 1.74 bits per heavy atom. The molecule has 0 unspecified atom stereocenters. The summed E-state index contributed by atoms with van der Waals surface area (Å²) in [6.07, 6.45) is 0. The highest BCUT2D eigenvalue weighted by Gasteiger charge is 2.11. The molecule has 0 aliphatic carbocycles. The second kappa shape index (κ2) is 3.99. The van der Waals surface area contributed by atoms with Crippen LogP contribution in [-0.2, 0) is 0 Å². The molecule has 0 saturated carbocycles. The minimum absolute atomic E-state index is 0.698. The fraction of sp³-hybridized carbons (Fsp3) is 0. The van der Waals surface area contributed by atoms with Gasteiger partial charge in [0, 0.05) is 20.6 Å². The molecule has 0 bridgehead atoms. The van der Waals surface area contributed by atoms with Crippen LogP contribution in [0.1, 0.15) is 0 Å². The zero-order chi connectivity index (χ0) is 13.0. The van der Waals surface area contributed by atoms with Gasteiger partial charge in [-0.1, -0.05) is 41.9 Å². The molecule has 0 aliphatic rings. The van der Waals surface area contributed by atoms with Gasteiger partial charge in [0.05, 0.1) is 5.02 Å². The van der Waals surface area contributed by atoms with Crippen molar-refractivity contribution >= 4 is 60.2 Å². The Balaban J connectivity index is 2.27. The molecule has 4 rings (SSSR count). The molecule has 0 N–H and O–H groups in total. The molecule has 19 heavy (non-hydrogen) atoms. The third kappa shape index (κ3) is 1.60. The molecular formula is C16H8BrClO. The Morgan fingerprint density at radius 1 is 0.895 bits per heavy atom. The molecule has 0 amide bonds. The van der Waals surface area contributed by atoms with E-state index in [1.807, 2.05) is 24.3 Å². The summed E-state index contributed by atoms with van der Waals surface area (Å²) in [5.74, 6) is 0. The van der Waals surface area contributed by atoms with Crippen molar-refractivity contribution in [1.82, 2.24) is 0 Å². The summed E-state index contributed by atoms with van der Waals surface area (Å²) in [5, 5.41) is 5.16. The zero-order valence-corrected chi connectivity index (χ0v) is 12.1. The van der Waals surface area contributed by atoms with Crippen molar-refractivity contribution in [3.63, 3.8) is 0 Å². The Bertz CT molecular complexity index is 940. The van der Waals surface area contributed by atoms with Crippen molar-refractivity contribution in [2.45, 2.75) is 0 Å². The molecular weight excluding hydrogens is 324 g/mol. The van der Waals surface area contributed by atoms with E-state index in [2.05, 4.69) is 40.2 Å². The second-order valence-electron chi connectivity index (χ2n) is 4.53. The average Bonchev–Trinajstić information content (AvgIpc) is 2.77. The van der Waals surface area contributed by atoms with Crippen molar-refractivity contribution in [2.75, 3.05) is 0 Å². The van der Waals surface area contributed by atoms with Gasteiger partial charge < -0.3 is 4.42 Å². The summed E-state index contributed by atoms with van der Waals surface area (Å²) in [6.45, 7) is 0. The number of hydrogen-bond acceptors (Lipinski definition) is 1. The first-order valence-electron chi connectivity index (χ1n) is 5.93. The first-order valence-corrected chi connectivity index (χ1v) is 7.10. The van der Waals surface area contributed by atoms with Gasteiger partial charge in [-0.2, -0.15) is 0 Å². The van der Waals surface area contributed by atoms with Crippen LogP contribution in [0.2, 0.25) is 5.02 Å². The third-order valence-corrected chi connectivity index (χ3v) is 4.60. The van der Waals surface area contributed by atoms with E-state index in [0.29, 0.717) is 5.02 Å². The van der Waals surface area contributed by atoms with Gasteiger partial charge >= 0.3 is 0 Å². The van der Waals surface area contributed by atoms with E-state index in [1.54, 1.807) is 0 Å². The van der Waals surface area contributed by atoms with Crippen molar-refractivity contribution in [3.8, 4) is 0 Å². The predicted molar refractivity (Wildman–Crippen MR) is 83.9 cm³/mol. The molecule has 0 radical (unpaired) electrons. The van der Waals surface area contributed by atoms with Crippen LogP contribution in [0.5, 0.6) is 0 Å². The number of halogens is 2. The molecule has 0 atom stereocenters. The Kier molecular flexibility index (Phi) is 2.38. The summed E-state index contributed by atoms with van der Waals surface area (Å²) in [7, 11) is 0. The van der Waals surface area contributed by atoms with Gasteiger partial charge in [-0.05, 0) is 39.5 Å². The van der Waals surface area contributed by atoms with Crippen LogP contribution in [0.25, 0.3) is 32.7 Å². The minimum atomic E-state index is 0.698. The second-order valence-corrected chi connectivity index (χ2v) is 5.79. The summed E-state index contributed by atoms with van der Waals surface area (Å²) >= 11 is 9.61. The Hall–Kier alpha value is -1.51. The first-order chi connectivity index (χ1) is 9.24. The first kappa shape index (κ1) is 11.3. The van der Waals surface area contributed by atoms with E-state index in [4.69, 9.17) is 16.0 Å². The molecule has 0 fully saturated rings. The van der Waals surface area contributed by atoms with Gasteiger partial charge in [-0.25, -0.2) is 0 Å². The van der Waals surface area contributed by atoms with E-state index in [-0.39, 0.29) is 0 Å². The fourth-order valence-electron chi connectivity index (χ4n) is 2.50. The largest absolute Gasteiger partial charge is 0.455 e. The molecule has 4 aromatic rings. The van der Waals surface area contributed by atoms with Gasteiger partial charge in [0.2, 0.25) is 0 Å². The molecule has 0 aliphatic heterocycles. The molecule has 3 aromatic carbocycles. The molecule has 92 valence electrons. The van der Waals surface area contributed by atoms with Gasteiger partial charge in [0.1, 0.15) is 11.2 Å². The molecule has 1 nitrogen and oxygen atoms in total. The standard InChI is InChI=1S/C16H8BrClO/c17-13-8-15-12(7-14(13)18)11-6-5-9-3-1-2-4-10(9)16(11)19-15/h1-8H. The molecule has 3 heteroatoms. The lowest BCUT2D eigenvalue weighted by molar-refractivity contribution is 0.672. The number of furan rings is 1. The molecule has 1 aromatic heterocycles. The minimum Gasteiger partial charge on any atom is -0.455 e. The topological polar surface area (TPSA) is 13.1 Å². The van der Waals surface area contributed by atoms with Crippen molar-refractivity contribution in [1.29, 1.82) is 0 Å². The molecule has 0 spiro atoms. The highest BCUT2D eigenvalue weighted by atomic mass is 79.9. The quantitative estimate of drug-likeness (QED) is 0.376. The van der Waals surface area contributed by atoms with E-state index in [1.165, 1.54) is 5.39 Å². The Labute approximate surface area is 122 Å². The van der Waals surface area contributed by atoms with Crippen molar-refractivity contribution in [3.05, 3.63) is 58.0 Å². The summed E-state index contributed by atoms with van der Waals surface area (Å²) in [6, 6.07) is 16.3. The molecule has 1 heterocycles. The number of rotatable bonds is 0. The smallest absolute Gasteiger partial charge is 0.143 e. The lowest BCUT2D eigenvalue weighted by Crippen LogP contribution is -1.73. The van der Waals surface area contributed by atoms with E-state index in [0.717, 1.165) is 31.8 Å². The summed E-state index contributed by atoms with van der Waals surface area (Å²) < 4.78 is 6.86. The van der Waals surface area contributed by atoms with Crippen LogP contribution in [0, 0.1) is 0 Å². The highest BCUT2D eigenvalue weighted by molar-refractivity contribution is 9.10. The third-order valence-electron chi connectivity index (χ3n) is 3.40. The summed E-state index contributed by atoms with van der Waals surface area (Å²) in [5.41, 5.74) is 1.77. The number of hydrogen-bond donors (Lipinski definition) is 0. The molecule has 0 saturated heterocycles. The van der Waals surface area contributed by atoms with Gasteiger partial charge in [0.15, 0.2) is 0 Å². The van der Waals surface area contributed by atoms with Gasteiger partial charge in [-0.3, -0.25) is 0 Å². The highest BCUT2D eigenvalue weighted by Crippen LogP contribution is 2.37. The average molecular weight is 332 g/mol. The maximum atomic E-state index is 6.17. The number of benzene rings is 3. The van der Waals surface area contributed by atoms with E-state index in [9.17, 15) is 0 Å². The number of fused-ring (bicyclic) bond motifs is 5. The van der Waals surface area contributed by atoms with Crippen LogP contribution in [0.3, 0.4) is 0 Å². The van der Waals surface area contributed by atoms with Crippen molar-refractivity contribution in [2.24, 2.45) is 0 Å². The zero-order valence-electron chi connectivity index (χ0n) is 9.78. The van der Waals surface area contributed by atoms with E-state index >= 15 is 0 Å². The van der Waals surface area contributed by atoms with Crippen LogP contribution in [0.15, 0.2) is 57.4 Å². The van der Waals surface area contributed by atoms with Crippen LogP contribution >= 0.6 is 27.5 Å². The van der Waals surface area contributed by atoms with Crippen LogP contribution < -0.4 is 0 Å². The van der Waals surface area contributed by atoms with Gasteiger partial charge in [-0.15, -0.1) is 0 Å². The monoisotopic (exact) mass is 330 g/mol. The van der Waals surface area contributed by atoms with E-state index < -0.39 is 0 Å². The van der Waals surface area contributed by atoms with Crippen LogP contribution in [0.4, 0.5) is 0 Å². The lowest BCUT2D eigenvalue weighted by Gasteiger charge is -1.97. The van der Waals surface area contributed by atoms with Gasteiger partial charge in [0.25, 0.3) is 0 Å². The normalized spacial score (nSPS) is 11.7. The Morgan fingerprint density at radius 3 is 2.63 bits per heavy atom. The lowest BCUT2D eigenvalue weighted by atomic mass is 10.1. The maximum Gasteiger partial charge on any atom is 0.143 e. The fourth-order valence-corrected chi connectivity index (χ4v) is 2.98. The SMILES string of the molecule is Clc1cc2c(cc1Br)oc1c3ccccc3ccc21. The summed E-state index contributed by atoms with van der Waals surface area (Å²) in [4.78, 5) is 0. The predicted octanol–water partition coefficient (Wildman–Crippen LogP) is 6.16. The van der Waals surface area contributed by atoms with Crippen molar-refractivity contribution < 1.29 is 4.42 Å².